The van der Waals surface area contributed by atoms with Crippen molar-refractivity contribution in [1.82, 2.24) is 4.98 Å². The van der Waals surface area contributed by atoms with E-state index in [1.165, 1.54) is 0 Å². The second-order valence-corrected chi connectivity index (χ2v) is 3.11. The van der Waals surface area contributed by atoms with Crippen molar-refractivity contribution in [2.24, 2.45) is 0 Å². The minimum absolute atomic E-state index is 0.683. The molecule has 3 heteroatoms. The fourth-order valence-corrected chi connectivity index (χ4v) is 1.28. The number of para-hydroxylation sites is 1. The van der Waals surface area contributed by atoms with Crippen molar-refractivity contribution < 1.29 is 4.42 Å². The first-order valence-electron chi connectivity index (χ1n) is 4.48. The van der Waals surface area contributed by atoms with Gasteiger partial charge >= 0.3 is 0 Å². The molecule has 0 unspecified atom stereocenters. The van der Waals surface area contributed by atoms with Gasteiger partial charge in [0.15, 0.2) is 5.89 Å². The fraction of sp³-hybridized carbons (Fsp3) is 0.182. The lowest BCUT2D eigenvalue weighted by molar-refractivity contribution is 0.525. The van der Waals surface area contributed by atoms with Crippen LogP contribution in [0.4, 0.5) is 11.6 Å². The Bertz CT molecular complexity index is 408. The molecule has 2 aromatic rings. The van der Waals surface area contributed by atoms with Gasteiger partial charge in [0.2, 0.25) is 5.88 Å². The number of nitrogens with zero attached hydrogens (tertiary/aromatic N) is 2. The van der Waals surface area contributed by atoms with E-state index in [1.54, 1.807) is 6.20 Å². The summed E-state index contributed by atoms with van der Waals surface area (Å²) in [6.07, 6.45) is 1.72. The summed E-state index contributed by atoms with van der Waals surface area (Å²) in [5.41, 5.74) is 1.09. The molecule has 0 saturated carbocycles. The SMILES string of the molecule is Cc1ncc(N(C)c2ccccc2)o1. The van der Waals surface area contributed by atoms with E-state index in [-0.39, 0.29) is 0 Å². The fourth-order valence-electron chi connectivity index (χ4n) is 1.28. The second kappa shape index (κ2) is 3.54. The Morgan fingerprint density at radius 3 is 2.50 bits per heavy atom. The molecule has 0 aliphatic heterocycles. The molecule has 1 aromatic heterocycles. The van der Waals surface area contributed by atoms with Crippen molar-refractivity contribution in [2.75, 3.05) is 11.9 Å². The molecule has 0 fully saturated rings. The Labute approximate surface area is 83.0 Å². The van der Waals surface area contributed by atoms with Crippen LogP contribution in [0.25, 0.3) is 0 Å². The minimum atomic E-state index is 0.683. The first-order chi connectivity index (χ1) is 6.77. The Morgan fingerprint density at radius 2 is 1.93 bits per heavy atom. The zero-order valence-corrected chi connectivity index (χ0v) is 8.27. The van der Waals surface area contributed by atoms with Gasteiger partial charge in [-0.15, -0.1) is 0 Å². The van der Waals surface area contributed by atoms with Gasteiger partial charge in [-0.3, -0.25) is 0 Å². The minimum Gasteiger partial charge on any atom is -0.425 e. The molecular weight excluding hydrogens is 176 g/mol. The molecule has 0 spiro atoms. The number of benzene rings is 1. The lowest BCUT2D eigenvalue weighted by atomic mass is 10.3. The van der Waals surface area contributed by atoms with E-state index in [4.69, 9.17) is 4.42 Å². The molecule has 0 aliphatic carbocycles. The van der Waals surface area contributed by atoms with Crippen LogP contribution in [0, 0.1) is 6.92 Å². The number of aryl methyl sites for hydroxylation is 1. The van der Waals surface area contributed by atoms with Gasteiger partial charge in [-0.1, -0.05) is 18.2 Å². The Morgan fingerprint density at radius 1 is 1.21 bits per heavy atom. The van der Waals surface area contributed by atoms with E-state index in [1.807, 2.05) is 49.2 Å². The van der Waals surface area contributed by atoms with Gasteiger partial charge in [-0.2, -0.15) is 0 Å². The van der Waals surface area contributed by atoms with E-state index in [0.29, 0.717) is 5.89 Å². The molecule has 1 aromatic carbocycles. The van der Waals surface area contributed by atoms with Gasteiger partial charge in [0.25, 0.3) is 0 Å². The molecular formula is C11H12N2O. The van der Waals surface area contributed by atoms with E-state index in [0.717, 1.165) is 11.6 Å². The molecule has 0 radical (unpaired) electrons. The highest BCUT2D eigenvalue weighted by atomic mass is 16.4. The average Bonchev–Trinajstić information content (AvgIpc) is 2.65. The standard InChI is InChI=1S/C11H12N2O/c1-9-12-8-11(14-9)13(2)10-6-4-3-5-7-10/h3-8H,1-2H3. The van der Waals surface area contributed by atoms with E-state index < -0.39 is 0 Å². The van der Waals surface area contributed by atoms with Crippen LogP contribution < -0.4 is 4.90 Å². The quantitative estimate of drug-likeness (QED) is 0.725. The highest BCUT2D eigenvalue weighted by Crippen LogP contribution is 2.23. The van der Waals surface area contributed by atoms with E-state index in [2.05, 4.69) is 4.98 Å². The smallest absolute Gasteiger partial charge is 0.220 e. The summed E-state index contributed by atoms with van der Waals surface area (Å²) in [7, 11) is 1.95. The van der Waals surface area contributed by atoms with Crippen LogP contribution >= 0.6 is 0 Å². The summed E-state index contributed by atoms with van der Waals surface area (Å²) in [5, 5.41) is 0. The lowest BCUT2D eigenvalue weighted by Gasteiger charge is -2.14. The predicted molar refractivity (Wildman–Crippen MR) is 55.7 cm³/mol. The van der Waals surface area contributed by atoms with Gasteiger partial charge < -0.3 is 9.32 Å². The van der Waals surface area contributed by atoms with Crippen LogP contribution in [0.3, 0.4) is 0 Å². The summed E-state index contributed by atoms with van der Waals surface area (Å²) >= 11 is 0. The van der Waals surface area contributed by atoms with E-state index >= 15 is 0 Å². The molecule has 0 bridgehead atoms. The van der Waals surface area contributed by atoms with Crippen molar-refractivity contribution in [3.05, 3.63) is 42.4 Å². The average molecular weight is 188 g/mol. The third kappa shape index (κ3) is 1.62. The third-order valence-corrected chi connectivity index (χ3v) is 2.08. The van der Waals surface area contributed by atoms with Crippen molar-refractivity contribution in [3.8, 4) is 0 Å². The number of aromatic nitrogens is 1. The maximum atomic E-state index is 5.41. The molecule has 0 aliphatic rings. The van der Waals surface area contributed by atoms with Crippen molar-refractivity contribution in [2.45, 2.75) is 6.92 Å². The predicted octanol–water partition coefficient (Wildman–Crippen LogP) is 2.75. The third-order valence-electron chi connectivity index (χ3n) is 2.08. The molecule has 14 heavy (non-hydrogen) atoms. The maximum absolute atomic E-state index is 5.41. The van der Waals surface area contributed by atoms with Gasteiger partial charge in [-0.25, -0.2) is 4.98 Å². The molecule has 0 amide bonds. The summed E-state index contributed by atoms with van der Waals surface area (Å²) in [4.78, 5) is 6.01. The largest absolute Gasteiger partial charge is 0.425 e. The normalized spacial score (nSPS) is 10.1. The number of anilines is 2. The molecule has 1 heterocycles. The topological polar surface area (TPSA) is 29.3 Å². The highest BCUT2D eigenvalue weighted by Gasteiger charge is 2.07. The monoisotopic (exact) mass is 188 g/mol. The van der Waals surface area contributed by atoms with Crippen molar-refractivity contribution >= 4 is 11.6 Å². The Hall–Kier alpha value is -1.77. The Balaban J connectivity index is 2.29. The van der Waals surface area contributed by atoms with Crippen molar-refractivity contribution in [1.29, 1.82) is 0 Å². The molecule has 0 saturated heterocycles. The van der Waals surface area contributed by atoms with Crippen LogP contribution in [0.5, 0.6) is 0 Å². The van der Waals surface area contributed by atoms with Gasteiger partial charge in [0.1, 0.15) is 0 Å². The van der Waals surface area contributed by atoms with Crippen LogP contribution in [0.15, 0.2) is 40.9 Å². The molecule has 0 N–H and O–H groups in total. The van der Waals surface area contributed by atoms with Crippen LogP contribution in [0.1, 0.15) is 5.89 Å². The highest BCUT2D eigenvalue weighted by molar-refractivity contribution is 5.56. The maximum Gasteiger partial charge on any atom is 0.220 e. The molecule has 72 valence electrons. The van der Waals surface area contributed by atoms with Crippen LogP contribution in [-0.2, 0) is 0 Å². The molecule has 0 atom stereocenters. The summed E-state index contributed by atoms with van der Waals surface area (Å²) in [6, 6.07) is 10.0. The number of hydrogen-bond acceptors (Lipinski definition) is 3. The van der Waals surface area contributed by atoms with Gasteiger partial charge in [-0.05, 0) is 12.1 Å². The summed E-state index contributed by atoms with van der Waals surface area (Å²) in [6.45, 7) is 1.84. The summed E-state index contributed by atoms with van der Waals surface area (Å²) in [5.74, 6) is 1.44. The molecule has 2 rings (SSSR count). The van der Waals surface area contributed by atoms with Crippen molar-refractivity contribution in [3.63, 3.8) is 0 Å². The Kier molecular flexibility index (Phi) is 2.23. The van der Waals surface area contributed by atoms with Gasteiger partial charge in [0, 0.05) is 19.7 Å². The zero-order valence-electron chi connectivity index (χ0n) is 8.27. The first-order valence-corrected chi connectivity index (χ1v) is 4.48. The number of oxazole rings is 1. The number of hydrogen-bond donors (Lipinski definition) is 0. The first kappa shape index (κ1) is 8.81. The van der Waals surface area contributed by atoms with E-state index in [9.17, 15) is 0 Å². The lowest BCUT2D eigenvalue weighted by Crippen LogP contribution is -2.07. The zero-order chi connectivity index (χ0) is 9.97. The van der Waals surface area contributed by atoms with Gasteiger partial charge in [0.05, 0.1) is 6.20 Å². The van der Waals surface area contributed by atoms with Crippen LogP contribution in [-0.4, -0.2) is 12.0 Å². The molecule has 3 nitrogen and oxygen atoms in total. The summed E-state index contributed by atoms with van der Waals surface area (Å²) < 4.78 is 5.41. The number of rotatable bonds is 2. The van der Waals surface area contributed by atoms with Crippen LogP contribution in [0.2, 0.25) is 0 Å². The second-order valence-electron chi connectivity index (χ2n) is 3.11.